The topological polar surface area (TPSA) is 57.6 Å². The SMILES string of the molecule is CC(=O)C1C(O)CN2C(=O)C(c3ccccc3)=C(c3ccccc3)C12. The number of hydrogen-bond donors (Lipinski definition) is 1. The molecule has 2 aliphatic rings. The predicted octanol–water partition coefficient (Wildman–Crippen LogP) is 2.39. The molecule has 4 heteroatoms. The molecule has 25 heavy (non-hydrogen) atoms. The van der Waals surface area contributed by atoms with Crippen LogP contribution in [-0.2, 0) is 9.59 Å². The smallest absolute Gasteiger partial charge is 0.255 e. The number of nitrogens with zero attached hydrogens (tertiary/aromatic N) is 1. The molecule has 2 aromatic rings. The summed E-state index contributed by atoms with van der Waals surface area (Å²) in [6.45, 7) is 1.69. The van der Waals surface area contributed by atoms with Crippen LogP contribution in [0.3, 0.4) is 0 Å². The number of Topliss-reactive ketones (excluding diaryl/α,β-unsaturated/α-hetero) is 1. The Labute approximate surface area is 146 Å². The molecule has 126 valence electrons. The van der Waals surface area contributed by atoms with E-state index in [1.165, 1.54) is 6.92 Å². The largest absolute Gasteiger partial charge is 0.390 e. The Kier molecular flexibility index (Phi) is 3.77. The van der Waals surface area contributed by atoms with E-state index in [0.29, 0.717) is 5.57 Å². The summed E-state index contributed by atoms with van der Waals surface area (Å²) in [7, 11) is 0. The molecule has 1 N–H and O–H groups in total. The van der Waals surface area contributed by atoms with Crippen LogP contribution in [0, 0.1) is 5.92 Å². The monoisotopic (exact) mass is 333 g/mol. The number of rotatable bonds is 3. The number of aliphatic hydroxyl groups excluding tert-OH is 1. The highest BCUT2D eigenvalue weighted by Gasteiger charge is 2.53. The fourth-order valence-electron chi connectivity index (χ4n) is 4.09. The molecule has 4 nitrogen and oxygen atoms in total. The van der Waals surface area contributed by atoms with Gasteiger partial charge in [-0.25, -0.2) is 0 Å². The van der Waals surface area contributed by atoms with Crippen LogP contribution in [-0.4, -0.2) is 40.4 Å². The summed E-state index contributed by atoms with van der Waals surface area (Å²) in [5.41, 5.74) is 3.24. The number of benzene rings is 2. The molecular weight excluding hydrogens is 314 g/mol. The summed E-state index contributed by atoms with van der Waals surface area (Å²) >= 11 is 0. The zero-order chi connectivity index (χ0) is 17.6. The van der Waals surface area contributed by atoms with E-state index in [0.717, 1.165) is 16.7 Å². The fraction of sp³-hybridized carbons (Fsp3) is 0.238. The van der Waals surface area contributed by atoms with Crippen LogP contribution >= 0.6 is 0 Å². The van der Waals surface area contributed by atoms with Crippen molar-refractivity contribution in [3.05, 3.63) is 71.8 Å². The van der Waals surface area contributed by atoms with Crippen LogP contribution < -0.4 is 0 Å². The Morgan fingerprint density at radius 2 is 1.56 bits per heavy atom. The fourth-order valence-corrected chi connectivity index (χ4v) is 4.09. The van der Waals surface area contributed by atoms with Gasteiger partial charge in [-0.15, -0.1) is 0 Å². The molecule has 2 aromatic carbocycles. The lowest BCUT2D eigenvalue weighted by Crippen LogP contribution is -2.34. The van der Waals surface area contributed by atoms with Gasteiger partial charge in [-0.2, -0.15) is 0 Å². The molecule has 1 amide bonds. The van der Waals surface area contributed by atoms with E-state index >= 15 is 0 Å². The van der Waals surface area contributed by atoms with E-state index in [9.17, 15) is 14.7 Å². The Morgan fingerprint density at radius 3 is 2.12 bits per heavy atom. The van der Waals surface area contributed by atoms with Crippen LogP contribution in [0.1, 0.15) is 18.1 Å². The number of amides is 1. The second-order valence-corrected chi connectivity index (χ2v) is 6.63. The van der Waals surface area contributed by atoms with Gasteiger partial charge in [-0.3, -0.25) is 9.59 Å². The molecule has 3 unspecified atom stereocenters. The number of hydrogen-bond acceptors (Lipinski definition) is 3. The van der Waals surface area contributed by atoms with Crippen LogP contribution in [0.25, 0.3) is 11.1 Å². The maximum atomic E-state index is 13.1. The molecule has 3 atom stereocenters. The maximum Gasteiger partial charge on any atom is 0.255 e. The van der Waals surface area contributed by atoms with E-state index in [2.05, 4.69) is 0 Å². The Hall–Kier alpha value is -2.72. The molecule has 2 aliphatic heterocycles. The second-order valence-electron chi connectivity index (χ2n) is 6.63. The van der Waals surface area contributed by atoms with Crippen molar-refractivity contribution in [1.82, 2.24) is 4.90 Å². The molecule has 0 aliphatic carbocycles. The van der Waals surface area contributed by atoms with E-state index in [1.54, 1.807) is 4.90 Å². The van der Waals surface area contributed by atoms with Gasteiger partial charge in [0.1, 0.15) is 5.78 Å². The molecule has 1 fully saturated rings. The summed E-state index contributed by atoms with van der Waals surface area (Å²) in [6.07, 6.45) is -0.817. The Balaban J connectivity index is 1.96. The Bertz CT molecular complexity index is 857. The van der Waals surface area contributed by atoms with Crippen LogP contribution in [0.5, 0.6) is 0 Å². The van der Waals surface area contributed by atoms with Crippen LogP contribution in [0.2, 0.25) is 0 Å². The molecule has 2 heterocycles. The molecule has 0 radical (unpaired) electrons. The minimum atomic E-state index is -0.817. The van der Waals surface area contributed by atoms with Gasteiger partial charge in [-0.05, 0) is 23.6 Å². The first-order chi connectivity index (χ1) is 12.1. The zero-order valence-electron chi connectivity index (χ0n) is 13.9. The third kappa shape index (κ3) is 2.41. The van der Waals surface area contributed by atoms with Crippen molar-refractivity contribution in [2.75, 3.05) is 6.54 Å². The summed E-state index contributed by atoms with van der Waals surface area (Å²) in [6, 6.07) is 18.8. The summed E-state index contributed by atoms with van der Waals surface area (Å²) in [4.78, 5) is 27.0. The molecule has 1 saturated heterocycles. The van der Waals surface area contributed by atoms with E-state index in [4.69, 9.17) is 0 Å². The number of fused-ring (bicyclic) bond motifs is 1. The molecular formula is C21H19NO3. The number of carbonyl (C=O) groups excluding carboxylic acids is 2. The molecule has 4 rings (SSSR count). The van der Waals surface area contributed by atoms with Gasteiger partial charge in [0, 0.05) is 6.54 Å². The minimum Gasteiger partial charge on any atom is -0.390 e. The molecule has 0 saturated carbocycles. The molecule has 0 aromatic heterocycles. The highest BCUT2D eigenvalue weighted by atomic mass is 16.3. The van der Waals surface area contributed by atoms with E-state index in [-0.39, 0.29) is 18.2 Å². The minimum absolute atomic E-state index is 0.0875. The van der Waals surface area contributed by atoms with Crippen molar-refractivity contribution in [1.29, 1.82) is 0 Å². The second kappa shape index (κ2) is 5.97. The first-order valence-corrected chi connectivity index (χ1v) is 8.44. The highest BCUT2D eigenvalue weighted by Crippen LogP contribution is 2.46. The van der Waals surface area contributed by atoms with E-state index < -0.39 is 18.1 Å². The van der Waals surface area contributed by atoms with Gasteiger partial charge in [0.05, 0.1) is 23.6 Å². The Morgan fingerprint density at radius 1 is 1.00 bits per heavy atom. The highest BCUT2D eigenvalue weighted by molar-refractivity contribution is 6.31. The standard InChI is InChI=1S/C21H19NO3/c1-13(23)17-16(24)12-22-20(17)18(14-8-4-2-5-9-14)19(21(22)25)15-10-6-3-7-11-15/h2-11,16-17,20,24H,12H2,1H3. The lowest BCUT2D eigenvalue weighted by molar-refractivity contribution is -0.125. The zero-order valence-corrected chi connectivity index (χ0v) is 13.9. The average molecular weight is 333 g/mol. The van der Waals surface area contributed by atoms with Crippen molar-refractivity contribution in [3.63, 3.8) is 0 Å². The van der Waals surface area contributed by atoms with Crippen LogP contribution in [0.15, 0.2) is 60.7 Å². The van der Waals surface area contributed by atoms with Crippen LogP contribution in [0.4, 0.5) is 0 Å². The van der Waals surface area contributed by atoms with Gasteiger partial charge < -0.3 is 10.0 Å². The third-order valence-electron chi connectivity index (χ3n) is 5.13. The first-order valence-electron chi connectivity index (χ1n) is 8.44. The van der Waals surface area contributed by atoms with Crippen molar-refractivity contribution in [3.8, 4) is 0 Å². The van der Waals surface area contributed by atoms with Crippen molar-refractivity contribution in [2.45, 2.75) is 19.1 Å². The third-order valence-corrected chi connectivity index (χ3v) is 5.13. The predicted molar refractivity (Wildman–Crippen MR) is 95.4 cm³/mol. The van der Waals surface area contributed by atoms with Crippen molar-refractivity contribution in [2.24, 2.45) is 5.92 Å². The quantitative estimate of drug-likeness (QED) is 0.938. The summed E-state index contributed by atoms with van der Waals surface area (Å²) < 4.78 is 0. The van der Waals surface area contributed by atoms with Gasteiger partial charge in [0.2, 0.25) is 0 Å². The number of carbonyl (C=O) groups is 2. The van der Waals surface area contributed by atoms with Crippen molar-refractivity contribution >= 4 is 22.8 Å². The normalized spacial score (nSPS) is 25.4. The summed E-state index contributed by atoms with van der Waals surface area (Å²) in [5.74, 6) is -0.784. The lowest BCUT2D eigenvalue weighted by Gasteiger charge is -2.22. The van der Waals surface area contributed by atoms with Crippen molar-refractivity contribution < 1.29 is 14.7 Å². The molecule has 0 bridgehead atoms. The first kappa shape index (κ1) is 15.8. The van der Waals surface area contributed by atoms with E-state index in [1.807, 2.05) is 60.7 Å². The lowest BCUT2D eigenvalue weighted by atomic mass is 9.84. The average Bonchev–Trinajstić information content (AvgIpc) is 3.10. The number of aliphatic hydroxyl groups is 1. The number of ketones is 1. The summed E-state index contributed by atoms with van der Waals surface area (Å²) in [5, 5.41) is 10.4. The van der Waals surface area contributed by atoms with Gasteiger partial charge in [0.25, 0.3) is 5.91 Å². The maximum absolute atomic E-state index is 13.1. The van der Waals surface area contributed by atoms with Gasteiger partial charge >= 0.3 is 0 Å². The van der Waals surface area contributed by atoms with Gasteiger partial charge in [0.15, 0.2) is 0 Å². The van der Waals surface area contributed by atoms with Gasteiger partial charge in [-0.1, -0.05) is 60.7 Å². The molecule has 0 spiro atoms.